The lowest BCUT2D eigenvalue weighted by Gasteiger charge is -2.26. The second kappa shape index (κ2) is 4.02. The first-order valence-electron chi connectivity index (χ1n) is 5.11. The second-order valence-electron chi connectivity index (χ2n) is 4.04. The Morgan fingerprint density at radius 2 is 2.53 bits per heavy atom. The van der Waals surface area contributed by atoms with Crippen LogP contribution in [0.15, 0.2) is 12.3 Å². The van der Waals surface area contributed by atoms with E-state index in [0.717, 1.165) is 18.8 Å². The van der Waals surface area contributed by atoms with Crippen molar-refractivity contribution in [1.29, 1.82) is 0 Å². The Morgan fingerprint density at radius 3 is 3.27 bits per heavy atom. The van der Waals surface area contributed by atoms with Crippen LogP contribution in [0.25, 0.3) is 0 Å². The van der Waals surface area contributed by atoms with Crippen molar-refractivity contribution < 1.29 is 4.79 Å². The van der Waals surface area contributed by atoms with Crippen LogP contribution in [0.5, 0.6) is 0 Å². The molecule has 1 N–H and O–H groups in total. The van der Waals surface area contributed by atoms with E-state index < -0.39 is 0 Å². The average Bonchev–Trinajstić information content (AvgIpc) is 2.66. The van der Waals surface area contributed by atoms with Crippen LogP contribution >= 0.6 is 0 Å². The van der Waals surface area contributed by atoms with E-state index >= 15 is 0 Å². The van der Waals surface area contributed by atoms with Gasteiger partial charge in [0, 0.05) is 33.4 Å². The fraction of sp³-hybridized carbons (Fsp3) is 0.600. The fourth-order valence-electron chi connectivity index (χ4n) is 1.81. The van der Waals surface area contributed by atoms with Crippen LogP contribution in [0.1, 0.15) is 18.2 Å². The number of carbonyl (C=O) groups excluding carboxylic acids is 1. The Bertz CT molecular complexity index is 358. The van der Waals surface area contributed by atoms with E-state index in [1.165, 1.54) is 0 Å². The summed E-state index contributed by atoms with van der Waals surface area (Å²) in [5.41, 5.74) is 1.15. The van der Waals surface area contributed by atoms with E-state index in [2.05, 4.69) is 10.4 Å². The van der Waals surface area contributed by atoms with Crippen LogP contribution in [-0.4, -0.2) is 41.2 Å². The van der Waals surface area contributed by atoms with E-state index in [9.17, 15) is 4.79 Å². The lowest BCUT2D eigenvalue weighted by Crippen LogP contribution is -2.36. The molecule has 0 spiro atoms. The first kappa shape index (κ1) is 10.2. The van der Waals surface area contributed by atoms with Crippen molar-refractivity contribution >= 4 is 5.91 Å². The van der Waals surface area contributed by atoms with Crippen molar-refractivity contribution in [2.24, 2.45) is 0 Å². The summed E-state index contributed by atoms with van der Waals surface area (Å²) in [4.78, 5) is 13.2. The van der Waals surface area contributed by atoms with Crippen LogP contribution in [-0.2, 0) is 11.3 Å². The standard InChI is InChI=1S/C10H16N4O/c1-13(2)10(15)5-9-7-11-6-8-3-4-12-14(8)9/h3-4,9,11H,5-7H2,1-2H3. The highest BCUT2D eigenvalue weighted by atomic mass is 16.2. The van der Waals surface area contributed by atoms with Crippen LogP contribution in [0, 0.1) is 0 Å². The maximum Gasteiger partial charge on any atom is 0.224 e. The molecule has 0 radical (unpaired) electrons. The number of nitrogens with one attached hydrogen (secondary N) is 1. The minimum absolute atomic E-state index is 0.144. The molecule has 0 aromatic carbocycles. The number of rotatable bonds is 2. The normalized spacial score (nSPS) is 19.7. The minimum atomic E-state index is 0.144. The smallest absolute Gasteiger partial charge is 0.224 e. The van der Waals surface area contributed by atoms with Crippen LogP contribution in [0.3, 0.4) is 0 Å². The molecule has 1 atom stereocenters. The Hall–Kier alpha value is -1.36. The topological polar surface area (TPSA) is 50.2 Å². The summed E-state index contributed by atoms with van der Waals surface area (Å²) in [5.74, 6) is 0.144. The third-order valence-corrected chi connectivity index (χ3v) is 2.69. The van der Waals surface area contributed by atoms with E-state index in [4.69, 9.17) is 0 Å². The third-order valence-electron chi connectivity index (χ3n) is 2.69. The lowest BCUT2D eigenvalue weighted by atomic mass is 10.1. The van der Waals surface area contributed by atoms with Crippen LogP contribution in [0.2, 0.25) is 0 Å². The molecule has 2 heterocycles. The third kappa shape index (κ3) is 2.02. The average molecular weight is 208 g/mol. The van der Waals surface area contributed by atoms with Crippen molar-refractivity contribution in [1.82, 2.24) is 20.0 Å². The molecule has 1 amide bonds. The fourth-order valence-corrected chi connectivity index (χ4v) is 1.81. The molecule has 82 valence electrons. The molecule has 0 fully saturated rings. The summed E-state index contributed by atoms with van der Waals surface area (Å²) in [7, 11) is 3.56. The van der Waals surface area contributed by atoms with E-state index in [1.54, 1.807) is 25.2 Å². The van der Waals surface area contributed by atoms with Gasteiger partial charge in [-0.15, -0.1) is 0 Å². The van der Waals surface area contributed by atoms with Gasteiger partial charge in [-0.3, -0.25) is 9.48 Å². The van der Waals surface area contributed by atoms with Crippen molar-refractivity contribution in [2.45, 2.75) is 19.0 Å². The van der Waals surface area contributed by atoms with Gasteiger partial charge in [0.15, 0.2) is 0 Å². The van der Waals surface area contributed by atoms with Gasteiger partial charge >= 0.3 is 0 Å². The Morgan fingerprint density at radius 1 is 1.73 bits per heavy atom. The Kier molecular flexibility index (Phi) is 2.73. The molecule has 1 aliphatic rings. The van der Waals surface area contributed by atoms with E-state index in [1.807, 2.05) is 10.7 Å². The van der Waals surface area contributed by atoms with Gasteiger partial charge in [-0.1, -0.05) is 0 Å². The van der Waals surface area contributed by atoms with Gasteiger partial charge in [0.25, 0.3) is 0 Å². The van der Waals surface area contributed by atoms with Crippen LogP contribution in [0.4, 0.5) is 0 Å². The summed E-state index contributed by atoms with van der Waals surface area (Å²) < 4.78 is 1.96. The Balaban J connectivity index is 2.10. The molecule has 0 saturated heterocycles. The quantitative estimate of drug-likeness (QED) is 0.744. The first-order valence-corrected chi connectivity index (χ1v) is 5.11. The molecule has 5 heteroatoms. The summed E-state index contributed by atoms with van der Waals surface area (Å²) in [6.45, 7) is 1.65. The maximum absolute atomic E-state index is 11.6. The van der Waals surface area contributed by atoms with Gasteiger partial charge in [-0.05, 0) is 6.07 Å². The molecule has 15 heavy (non-hydrogen) atoms. The summed E-state index contributed by atoms with van der Waals surface area (Å²) >= 11 is 0. The number of hydrogen-bond donors (Lipinski definition) is 1. The molecule has 1 unspecified atom stereocenters. The van der Waals surface area contributed by atoms with Gasteiger partial charge in [-0.25, -0.2) is 0 Å². The van der Waals surface area contributed by atoms with Gasteiger partial charge in [0.1, 0.15) is 0 Å². The molecular formula is C10H16N4O. The van der Waals surface area contributed by atoms with Crippen molar-refractivity contribution in [3.05, 3.63) is 18.0 Å². The maximum atomic E-state index is 11.6. The minimum Gasteiger partial charge on any atom is -0.349 e. The van der Waals surface area contributed by atoms with E-state index in [0.29, 0.717) is 6.42 Å². The number of aromatic nitrogens is 2. The summed E-state index contributed by atoms with van der Waals surface area (Å²) in [5, 5.41) is 7.55. The summed E-state index contributed by atoms with van der Waals surface area (Å²) in [6, 6.07) is 2.14. The highest BCUT2D eigenvalue weighted by Gasteiger charge is 2.22. The number of hydrogen-bond acceptors (Lipinski definition) is 3. The van der Waals surface area contributed by atoms with Gasteiger partial charge < -0.3 is 10.2 Å². The first-order chi connectivity index (χ1) is 7.18. The molecule has 0 aliphatic carbocycles. The highest BCUT2D eigenvalue weighted by molar-refractivity contribution is 5.76. The van der Waals surface area contributed by atoms with Crippen molar-refractivity contribution in [3.63, 3.8) is 0 Å². The second-order valence-corrected chi connectivity index (χ2v) is 4.04. The molecule has 1 aliphatic heterocycles. The zero-order valence-electron chi connectivity index (χ0n) is 9.10. The molecule has 1 aromatic rings. The molecule has 2 rings (SSSR count). The van der Waals surface area contributed by atoms with Crippen LogP contribution < -0.4 is 5.32 Å². The predicted molar refractivity (Wildman–Crippen MR) is 56.3 cm³/mol. The monoisotopic (exact) mass is 208 g/mol. The Labute approximate surface area is 89.1 Å². The number of carbonyl (C=O) groups is 1. The number of nitrogens with zero attached hydrogens (tertiary/aromatic N) is 3. The van der Waals surface area contributed by atoms with Crippen molar-refractivity contribution in [3.8, 4) is 0 Å². The predicted octanol–water partition coefficient (Wildman–Crippen LogP) is 0.00570. The van der Waals surface area contributed by atoms with Gasteiger partial charge in [0.05, 0.1) is 18.2 Å². The highest BCUT2D eigenvalue weighted by Crippen LogP contribution is 2.17. The lowest BCUT2D eigenvalue weighted by molar-refractivity contribution is -0.129. The van der Waals surface area contributed by atoms with Crippen molar-refractivity contribution in [2.75, 3.05) is 20.6 Å². The van der Waals surface area contributed by atoms with Gasteiger partial charge in [-0.2, -0.15) is 5.10 Å². The molecule has 5 nitrogen and oxygen atoms in total. The zero-order chi connectivity index (χ0) is 10.8. The summed E-state index contributed by atoms with van der Waals surface area (Å²) in [6.07, 6.45) is 2.30. The molecule has 0 saturated carbocycles. The molecule has 1 aromatic heterocycles. The SMILES string of the molecule is CN(C)C(=O)CC1CNCc2ccnn21. The largest absolute Gasteiger partial charge is 0.349 e. The molecular weight excluding hydrogens is 192 g/mol. The zero-order valence-corrected chi connectivity index (χ0v) is 9.10. The van der Waals surface area contributed by atoms with Gasteiger partial charge in [0.2, 0.25) is 5.91 Å². The van der Waals surface area contributed by atoms with E-state index in [-0.39, 0.29) is 11.9 Å². The number of fused-ring (bicyclic) bond motifs is 1. The number of amides is 1. The molecule has 0 bridgehead atoms.